The van der Waals surface area contributed by atoms with Crippen LogP contribution in [-0.4, -0.2) is 18.7 Å². The predicted molar refractivity (Wildman–Crippen MR) is 134 cm³/mol. The molecule has 0 spiro atoms. The van der Waals surface area contributed by atoms with Crippen LogP contribution in [0.1, 0.15) is 73.4 Å². The Kier molecular flexibility index (Phi) is 8.34. The second kappa shape index (κ2) is 11.6. The van der Waals surface area contributed by atoms with E-state index in [0.29, 0.717) is 49.2 Å². The fourth-order valence-corrected chi connectivity index (χ4v) is 4.87. The molecule has 1 aliphatic rings. The van der Waals surface area contributed by atoms with E-state index in [1.54, 1.807) is 24.3 Å². The molecule has 6 heteroatoms. The maximum absolute atomic E-state index is 14.9. The minimum Gasteiger partial charge on any atom is -0.494 e. The molecule has 0 unspecified atom stereocenters. The molecule has 0 N–H and O–H groups in total. The molecule has 3 aromatic rings. The molecule has 0 heterocycles. The Morgan fingerprint density at radius 2 is 1.61 bits per heavy atom. The maximum atomic E-state index is 14.9. The molecular weight excluding hydrogens is 465 g/mol. The zero-order valence-corrected chi connectivity index (χ0v) is 20.7. The number of ether oxygens (including phenoxy) is 2. The first kappa shape index (κ1) is 25.8. The molecule has 4 rings (SSSR count). The van der Waals surface area contributed by atoms with Crippen molar-refractivity contribution in [2.75, 3.05) is 6.61 Å². The molecule has 0 amide bonds. The van der Waals surface area contributed by atoms with Gasteiger partial charge < -0.3 is 9.47 Å². The summed E-state index contributed by atoms with van der Waals surface area (Å²) in [5, 5.41) is 0. The van der Waals surface area contributed by atoms with Crippen molar-refractivity contribution in [2.24, 2.45) is 0 Å². The molecule has 0 aliphatic heterocycles. The van der Waals surface area contributed by atoms with Gasteiger partial charge in [0.05, 0.1) is 12.2 Å². The van der Waals surface area contributed by atoms with Crippen LogP contribution < -0.4 is 4.74 Å². The van der Waals surface area contributed by atoms with Crippen LogP contribution in [-0.2, 0) is 11.2 Å². The molecule has 190 valence electrons. The molecule has 3 nitrogen and oxygen atoms in total. The molecular formula is C30H31F3O3. The van der Waals surface area contributed by atoms with Crippen LogP contribution in [0.15, 0.2) is 54.6 Å². The molecule has 0 saturated heterocycles. The number of hydrogen-bond donors (Lipinski definition) is 0. The number of carbonyl (C=O) groups is 1. The lowest BCUT2D eigenvalue weighted by Gasteiger charge is -2.29. The minimum atomic E-state index is -1.21. The van der Waals surface area contributed by atoms with Gasteiger partial charge in [-0.25, -0.2) is 18.0 Å². The van der Waals surface area contributed by atoms with Crippen molar-refractivity contribution in [1.82, 2.24) is 0 Å². The Bertz CT molecular complexity index is 1200. The number of esters is 1. The Morgan fingerprint density at radius 3 is 2.25 bits per heavy atom. The Labute approximate surface area is 210 Å². The van der Waals surface area contributed by atoms with E-state index in [2.05, 4.69) is 6.92 Å². The van der Waals surface area contributed by atoms with Gasteiger partial charge in [0.2, 0.25) is 0 Å². The summed E-state index contributed by atoms with van der Waals surface area (Å²) in [7, 11) is 0. The third-order valence-electron chi connectivity index (χ3n) is 6.78. The first-order chi connectivity index (χ1) is 17.4. The van der Waals surface area contributed by atoms with Gasteiger partial charge >= 0.3 is 5.97 Å². The predicted octanol–water partition coefficient (Wildman–Crippen LogP) is 8.01. The molecule has 1 fully saturated rings. The van der Waals surface area contributed by atoms with Crippen LogP contribution in [0.5, 0.6) is 5.75 Å². The molecule has 3 aromatic carbocycles. The SMILES string of the molecule is CCCc1ccc(-c2ccc(C(=O)OC3CCC(c4ccc(OCC)cc4F)CC3)c(F)c2F)cc1. The topological polar surface area (TPSA) is 35.5 Å². The lowest BCUT2D eigenvalue weighted by atomic mass is 9.82. The lowest BCUT2D eigenvalue weighted by molar-refractivity contribution is 0.0188. The van der Waals surface area contributed by atoms with Gasteiger partial charge in [-0.05, 0) is 73.8 Å². The van der Waals surface area contributed by atoms with E-state index in [-0.39, 0.29) is 17.3 Å². The van der Waals surface area contributed by atoms with Gasteiger partial charge in [-0.3, -0.25) is 0 Å². The smallest absolute Gasteiger partial charge is 0.341 e. The van der Waals surface area contributed by atoms with Gasteiger partial charge in [0.15, 0.2) is 11.6 Å². The van der Waals surface area contributed by atoms with Gasteiger partial charge in [0, 0.05) is 11.6 Å². The van der Waals surface area contributed by atoms with Crippen LogP contribution in [0, 0.1) is 17.5 Å². The van der Waals surface area contributed by atoms with Crippen molar-refractivity contribution in [3.63, 3.8) is 0 Å². The number of rotatable bonds is 8. The quantitative estimate of drug-likeness (QED) is 0.296. The molecule has 0 aromatic heterocycles. The van der Waals surface area contributed by atoms with Crippen molar-refractivity contribution >= 4 is 5.97 Å². The highest BCUT2D eigenvalue weighted by Gasteiger charge is 2.28. The first-order valence-electron chi connectivity index (χ1n) is 12.6. The van der Waals surface area contributed by atoms with Gasteiger partial charge in [0.25, 0.3) is 0 Å². The monoisotopic (exact) mass is 496 g/mol. The number of aryl methyl sites for hydroxylation is 1. The average molecular weight is 497 g/mol. The Morgan fingerprint density at radius 1 is 0.889 bits per heavy atom. The van der Waals surface area contributed by atoms with E-state index in [4.69, 9.17) is 9.47 Å². The molecule has 1 aliphatic carbocycles. The Balaban J connectivity index is 1.38. The van der Waals surface area contributed by atoms with Crippen molar-refractivity contribution < 1.29 is 27.4 Å². The largest absolute Gasteiger partial charge is 0.494 e. The van der Waals surface area contributed by atoms with E-state index in [0.717, 1.165) is 18.4 Å². The third-order valence-corrected chi connectivity index (χ3v) is 6.78. The number of benzene rings is 3. The summed E-state index contributed by atoms with van der Waals surface area (Å²) in [6.45, 7) is 4.39. The number of halogens is 3. The summed E-state index contributed by atoms with van der Waals surface area (Å²) >= 11 is 0. The highest BCUT2D eigenvalue weighted by atomic mass is 19.2. The van der Waals surface area contributed by atoms with E-state index in [1.165, 1.54) is 18.2 Å². The first-order valence-corrected chi connectivity index (χ1v) is 12.6. The van der Waals surface area contributed by atoms with Crippen LogP contribution in [0.3, 0.4) is 0 Å². The summed E-state index contributed by atoms with van der Waals surface area (Å²) in [6.07, 6.45) is 3.80. The molecule has 36 heavy (non-hydrogen) atoms. The lowest BCUT2D eigenvalue weighted by Crippen LogP contribution is -2.25. The van der Waals surface area contributed by atoms with Crippen molar-refractivity contribution in [3.05, 3.63) is 88.7 Å². The van der Waals surface area contributed by atoms with Crippen molar-refractivity contribution in [1.29, 1.82) is 0 Å². The second-order valence-corrected chi connectivity index (χ2v) is 9.23. The minimum absolute atomic E-state index is 0.00723. The fraction of sp³-hybridized carbons (Fsp3) is 0.367. The summed E-state index contributed by atoms with van der Waals surface area (Å²) in [4.78, 5) is 12.7. The van der Waals surface area contributed by atoms with Crippen LogP contribution >= 0.6 is 0 Å². The summed E-state index contributed by atoms with van der Waals surface area (Å²) in [5.74, 6) is -2.96. The fourth-order valence-electron chi connectivity index (χ4n) is 4.87. The highest BCUT2D eigenvalue weighted by molar-refractivity contribution is 5.90. The summed E-state index contributed by atoms with van der Waals surface area (Å²) in [6, 6.07) is 14.9. The van der Waals surface area contributed by atoms with Crippen molar-refractivity contribution in [3.8, 4) is 16.9 Å². The molecule has 0 radical (unpaired) electrons. The van der Waals surface area contributed by atoms with Gasteiger partial charge in [0.1, 0.15) is 17.7 Å². The van der Waals surface area contributed by atoms with Crippen LogP contribution in [0.25, 0.3) is 11.1 Å². The van der Waals surface area contributed by atoms with E-state index < -0.39 is 29.3 Å². The highest BCUT2D eigenvalue weighted by Crippen LogP contribution is 2.37. The second-order valence-electron chi connectivity index (χ2n) is 9.23. The maximum Gasteiger partial charge on any atom is 0.341 e. The van der Waals surface area contributed by atoms with E-state index in [1.807, 2.05) is 19.1 Å². The normalized spacial score (nSPS) is 17.6. The van der Waals surface area contributed by atoms with E-state index >= 15 is 0 Å². The van der Waals surface area contributed by atoms with Gasteiger partial charge in [-0.15, -0.1) is 0 Å². The van der Waals surface area contributed by atoms with E-state index in [9.17, 15) is 18.0 Å². The summed E-state index contributed by atoms with van der Waals surface area (Å²) < 4.78 is 55.1. The van der Waals surface area contributed by atoms with Crippen molar-refractivity contribution in [2.45, 2.75) is 64.4 Å². The summed E-state index contributed by atoms with van der Waals surface area (Å²) in [5.41, 5.74) is 1.98. The zero-order valence-electron chi connectivity index (χ0n) is 20.7. The number of hydrogen-bond acceptors (Lipinski definition) is 3. The van der Waals surface area contributed by atoms with Crippen LogP contribution in [0.2, 0.25) is 0 Å². The van der Waals surface area contributed by atoms with Gasteiger partial charge in [-0.2, -0.15) is 0 Å². The standard InChI is InChI=1S/C30H31F3O3/c1-3-5-19-6-8-21(9-7-19)25-16-17-26(29(33)28(25)32)30(34)36-22-12-10-20(11-13-22)24-15-14-23(35-4-2)18-27(24)31/h6-9,14-18,20,22H,3-5,10-13H2,1-2H3. The Hall–Kier alpha value is -3.28. The van der Waals surface area contributed by atoms with Gasteiger partial charge in [-0.1, -0.05) is 49.7 Å². The molecule has 0 atom stereocenters. The van der Waals surface area contributed by atoms with Crippen LogP contribution in [0.4, 0.5) is 13.2 Å². The zero-order chi connectivity index (χ0) is 25.7. The third kappa shape index (κ3) is 5.75. The molecule has 0 bridgehead atoms. The average Bonchev–Trinajstić information content (AvgIpc) is 2.87. The molecule has 1 saturated carbocycles. The number of carbonyl (C=O) groups excluding carboxylic acids is 1.